The number of hydrogen-bond donors (Lipinski definition) is 2. The Kier molecular flexibility index (Phi) is 6.19. The number of nitriles is 1. The van der Waals surface area contributed by atoms with Crippen molar-refractivity contribution in [3.05, 3.63) is 71.3 Å². The molecule has 3 rings (SSSR count). The fraction of sp³-hybridized carbons (Fsp3) is 0.381. The second-order valence-electron chi connectivity index (χ2n) is 6.69. The predicted octanol–water partition coefficient (Wildman–Crippen LogP) is 2.85. The van der Waals surface area contributed by atoms with E-state index in [1.165, 1.54) is 5.56 Å². The van der Waals surface area contributed by atoms with Crippen molar-refractivity contribution < 1.29 is 5.11 Å². The predicted molar refractivity (Wildman–Crippen MR) is 98.9 cm³/mol. The summed E-state index contributed by atoms with van der Waals surface area (Å²) in [5.74, 6) is 0. The van der Waals surface area contributed by atoms with Crippen LogP contribution < -0.4 is 5.32 Å². The number of benzene rings is 2. The first-order valence-electron chi connectivity index (χ1n) is 8.92. The lowest BCUT2D eigenvalue weighted by Gasteiger charge is -2.33. The van der Waals surface area contributed by atoms with Gasteiger partial charge in [-0.05, 0) is 49.2 Å². The fourth-order valence-electron chi connectivity index (χ4n) is 3.31. The molecule has 1 atom stereocenters. The van der Waals surface area contributed by atoms with E-state index in [0.29, 0.717) is 18.2 Å². The van der Waals surface area contributed by atoms with E-state index in [0.717, 1.165) is 38.0 Å². The average Bonchev–Trinajstić information content (AvgIpc) is 2.68. The smallest absolute Gasteiger partial charge is 0.0991 e. The minimum absolute atomic E-state index is 0.458. The molecule has 1 aliphatic heterocycles. The molecule has 0 aromatic heterocycles. The van der Waals surface area contributed by atoms with E-state index in [2.05, 4.69) is 46.6 Å². The molecule has 2 aromatic rings. The molecule has 0 radical (unpaired) electrons. The molecule has 0 bridgehead atoms. The summed E-state index contributed by atoms with van der Waals surface area (Å²) in [5, 5.41) is 22.6. The van der Waals surface area contributed by atoms with Crippen LogP contribution in [0.25, 0.3) is 0 Å². The third kappa shape index (κ3) is 5.14. The summed E-state index contributed by atoms with van der Waals surface area (Å²) in [6.07, 6.45) is 1.68. The summed E-state index contributed by atoms with van der Waals surface area (Å²) < 4.78 is 0. The van der Waals surface area contributed by atoms with Crippen LogP contribution in [-0.4, -0.2) is 35.7 Å². The highest BCUT2D eigenvalue weighted by atomic mass is 16.3. The Labute approximate surface area is 149 Å². The average molecular weight is 335 g/mol. The molecule has 1 unspecified atom stereocenters. The van der Waals surface area contributed by atoms with Crippen LogP contribution in [0.1, 0.15) is 35.6 Å². The van der Waals surface area contributed by atoms with Gasteiger partial charge in [-0.15, -0.1) is 0 Å². The lowest BCUT2D eigenvalue weighted by Crippen LogP contribution is -2.43. The first-order chi connectivity index (χ1) is 12.2. The highest BCUT2D eigenvalue weighted by Crippen LogP contribution is 2.16. The van der Waals surface area contributed by atoms with Gasteiger partial charge in [-0.1, -0.05) is 42.5 Å². The Morgan fingerprint density at radius 1 is 1.08 bits per heavy atom. The Morgan fingerprint density at radius 3 is 2.40 bits per heavy atom. The first-order valence-corrected chi connectivity index (χ1v) is 8.92. The van der Waals surface area contributed by atoms with Crippen molar-refractivity contribution in [3.8, 4) is 6.07 Å². The van der Waals surface area contributed by atoms with Crippen LogP contribution in [-0.2, 0) is 6.54 Å². The SMILES string of the molecule is N#Cc1ccc(C(O)CNC2CCN(Cc3ccccc3)CC2)cc1. The summed E-state index contributed by atoms with van der Waals surface area (Å²) in [6.45, 7) is 3.73. The highest BCUT2D eigenvalue weighted by Gasteiger charge is 2.19. The summed E-state index contributed by atoms with van der Waals surface area (Å²) >= 11 is 0. The molecular weight excluding hydrogens is 310 g/mol. The Hall–Kier alpha value is -2.19. The zero-order valence-electron chi connectivity index (χ0n) is 14.4. The summed E-state index contributed by atoms with van der Waals surface area (Å²) in [7, 11) is 0. The van der Waals surface area contributed by atoms with E-state index in [1.54, 1.807) is 12.1 Å². The topological polar surface area (TPSA) is 59.3 Å². The molecule has 0 amide bonds. The van der Waals surface area contributed by atoms with E-state index in [4.69, 9.17) is 5.26 Å². The van der Waals surface area contributed by atoms with Crippen molar-refractivity contribution in [2.24, 2.45) is 0 Å². The molecule has 4 heteroatoms. The van der Waals surface area contributed by atoms with Gasteiger partial charge in [-0.3, -0.25) is 4.90 Å². The largest absolute Gasteiger partial charge is 0.387 e. The number of piperidine rings is 1. The molecule has 1 aliphatic rings. The van der Waals surface area contributed by atoms with Gasteiger partial charge in [0.2, 0.25) is 0 Å². The van der Waals surface area contributed by atoms with Gasteiger partial charge in [0.15, 0.2) is 0 Å². The molecule has 1 fully saturated rings. The standard InChI is InChI=1S/C21H25N3O/c22-14-17-6-8-19(9-7-17)21(25)15-23-20-10-12-24(13-11-20)16-18-4-2-1-3-5-18/h1-9,20-21,23,25H,10-13,15-16H2. The van der Waals surface area contributed by atoms with Crippen LogP contribution in [0.3, 0.4) is 0 Å². The van der Waals surface area contributed by atoms with Gasteiger partial charge in [-0.25, -0.2) is 0 Å². The lowest BCUT2D eigenvalue weighted by molar-refractivity contribution is 0.149. The second kappa shape index (κ2) is 8.77. The maximum atomic E-state index is 10.3. The number of aliphatic hydroxyl groups is 1. The lowest BCUT2D eigenvalue weighted by atomic mass is 10.0. The Bertz CT molecular complexity index is 685. The normalized spacial score (nSPS) is 17.1. The summed E-state index contributed by atoms with van der Waals surface area (Å²) in [4.78, 5) is 2.49. The third-order valence-corrected chi connectivity index (χ3v) is 4.86. The maximum absolute atomic E-state index is 10.3. The fourth-order valence-corrected chi connectivity index (χ4v) is 3.31. The van der Waals surface area contributed by atoms with Gasteiger partial charge >= 0.3 is 0 Å². The third-order valence-electron chi connectivity index (χ3n) is 4.86. The number of nitrogens with one attached hydrogen (secondary N) is 1. The van der Waals surface area contributed by atoms with Gasteiger partial charge in [-0.2, -0.15) is 5.26 Å². The number of aliphatic hydroxyl groups excluding tert-OH is 1. The molecule has 2 aromatic carbocycles. The van der Waals surface area contributed by atoms with E-state index in [1.807, 2.05) is 12.1 Å². The number of likely N-dealkylation sites (tertiary alicyclic amines) is 1. The van der Waals surface area contributed by atoms with Crippen LogP contribution >= 0.6 is 0 Å². The molecule has 4 nitrogen and oxygen atoms in total. The maximum Gasteiger partial charge on any atom is 0.0991 e. The van der Waals surface area contributed by atoms with Gasteiger partial charge < -0.3 is 10.4 Å². The minimum Gasteiger partial charge on any atom is -0.387 e. The molecule has 0 aliphatic carbocycles. The van der Waals surface area contributed by atoms with Crippen molar-refractivity contribution in [1.29, 1.82) is 5.26 Å². The molecule has 130 valence electrons. The van der Waals surface area contributed by atoms with Crippen LogP contribution in [0.2, 0.25) is 0 Å². The van der Waals surface area contributed by atoms with Crippen molar-refractivity contribution in [1.82, 2.24) is 10.2 Å². The van der Waals surface area contributed by atoms with Crippen LogP contribution in [0.4, 0.5) is 0 Å². The zero-order chi connectivity index (χ0) is 17.5. The van der Waals surface area contributed by atoms with Crippen LogP contribution in [0.15, 0.2) is 54.6 Å². The van der Waals surface area contributed by atoms with Gasteiger partial charge in [0.1, 0.15) is 0 Å². The number of rotatable bonds is 6. The Balaban J connectivity index is 1.40. The zero-order valence-corrected chi connectivity index (χ0v) is 14.4. The second-order valence-corrected chi connectivity index (χ2v) is 6.69. The molecule has 0 spiro atoms. The number of nitrogens with zero attached hydrogens (tertiary/aromatic N) is 2. The van der Waals surface area contributed by atoms with Crippen LogP contribution in [0, 0.1) is 11.3 Å². The molecule has 0 saturated carbocycles. The quantitative estimate of drug-likeness (QED) is 0.852. The van der Waals surface area contributed by atoms with Gasteiger partial charge in [0.05, 0.1) is 17.7 Å². The molecule has 1 saturated heterocycles. The van der Waals surface area contributed by atoms with E-state index >= 15 is 0 Å². The summed E-state index contributed by atoms with van der Waals surface area (Å²) in [6, 6.07) is 20.3. The minimum atomic E-state index is -0.532. The molecule has 25 heavy (non-hydrogen) atoms. The van der Waals surface area contributed by atoms with E-state index in [-0.39, 0.29) is 0 Å². The molecule has 1 heterocycles. The van der Waals surface area contributed by atoms with Crippen LogP contribution in [0.5, 0.6) is 0 Å². The van der Waals surface area contributed by atoms with E-state index in [9.17, 15) is 5.11 Å². The van der Waals surface area contributed by atoms with Crippen molar-refractivity contribution in [2.45, 2.75) is 31.5 Å². The Morgan fingerprint density at radius 2 is 1.76 bits per heavy atom. The first kappa shape index (κ1) is 17.6. The van der Waals surface area contributed by atoms with Crippen molar-refractivity contribution in [3.63, 3.8) is 0 Å². The van der Waals surface area contributed by atoms with Crippen molar-refractivity contribution >= 4 is 0 Å². The summed E-state index contributed by atoms with van der Waals surface area (Å²) in [5.41, 5.74) is 2.84. The van der Waals surface area contributed by atoms with Gasteiger partial charge in [0, 0.05) is 19.1 Å². The highest BCUT2D eigenvalue weighted by molar-refractivity contribution is 5.32. The number of hydrogen-bond acceptors (Lipinski definition) is 4. The van der Waals surface area contributed by atoms with Crippen molar-refractivity contribution in [2.75, 3.05) is 19.6 Å². The molecular formula is C21H25N3O. The molecule has 2 N–H and O–H groups in total. The monoisotopic (exact) mass is 335 g/mol. The van der Waals surface area contributed by atoms with Gasteiger partial charge in [0.25, 0.3) is 0 Å². The van der Waals surface area contributed by atoms with E-state index < -0.39 is 6.10 Å².